The number of aliphatic imine (C=N–C) groups is 1. The first-order chi connectivity index (χ1) is 12.7. The molecule has 0 radical (unpaired) electrons. The molecule has 2 aromatic rings. The number of guanidine groups is 1. The SMILES string of the molecule is CN=C(NCCCc1ccc(OC)c(OC)c1)NC(C)c1ccccc1.I. The average molecular weight is 483 g/mol. The van der Waals surface area contributed by atoms with Crippen LogP contribution in [0, 0.1) is 0 Å². The van der Waals surface area contributed by atoms with Crippen molar-refractivity contribution in [2.75, 3.05) is 27.8 Å². The molecule has 6 heteroatoms. The number of rotatable bonds is 8. The topological polar surface area (TPSA) is 54.9 Å². The van der Waals surface area contributed by atoms with E-state index in [9.17, 15) is 0 Å². The first kappa shape index (κ1) is 23.1. The van der Waals surface area contributed by atoms with Crippen molar-refractivity contribution in [1.29, 1.82) is 0 Å². The second-order valence-electron chi connectivity index (χ2n) is 6.07. The van der Waals surface area contributed by atoms with E-state index in [1.54, 1.807) is 21.3 Å². The molecule has 0 aromatic heterocycles. The Labute approximate surface area is 179 Å². The maximum Gasteiger partial charge on any atom is 0.191 e. The molecule has 0 aliphatic carbocycles. The Balaban J connectivity index is 0.00000364. The Kier molecular flexibility index (Phi) is 10.6. The van der Waals surface area contributed by atoms with Crippen molar-refractivity contribution in [3.63, 3.8) is 0 Å². The molecule has 0 heterocycles. The number of hydrogen-bond donors (Lipinski definition) is 2. The molecule has 27 heavy (non-hydrogen) atoms. The summed E-state index contributed by atoms with van der Waals surface area (Å²) in [5, 5.41) is 6.79. The standard InChI is InChI=1S/C21H29N3O2.HI/c1-16(18-10-6-5-7-11-18)24-21(22-2)23-14-8-9-17-12-13-19(25-3)20(15-17)26-4;/h5-7,10-13,15-16H,8-9,14H2,1-4H3,(H2,22,23,24);1H. The number of benzene rings is 2. The first-order valence-electron chi connectivity index (χ1n) is 8.91. The molecule has 1 unspecified atom stereocenters. The maximum absolute atomic E-state index is 5.35. The molecule has 148 valence electrons. The first-order valence-corrected chi connectivity index (χ1v) is 8.91. The molecule has 0 saturated heterocycles. The van der Waals surface area contributed by atoms with E-state index in [0.717, 1.165) is 36.8 Å². The second-order valence-corrected chi connectivity index (χ2v) is 6.07. The summed E-state index contributed by atoms with van der Waals surface area (Å²) in [4.78, 5) is 4.31. The molecular weight excluding hydrogens is 453 g/mol. The van der Waals surface area contributed by atoms with E-state index < -0.39 is 0 Å². The van der Waals surface area contributed by atoms with Gasteiger partial charge in [0.2, 0.25) is 0 Å². The number of nitrogens with one attached hydrogen (secondary N) is 2. The molecule has 0 bridgehead atoms. The largest absolute Gasteiger partial charge is 0.493 e. The van der Waals surface area contributed by atoms with E-state index in [2.05, 4.69) is 40.7 Å². The highest BCUT2D eigenvalue weighted by Crippen LogP contribution is 2.27. The lowest BCUT2D eigenvalue weighted by Gasteiger charge is -2.18. The second kappa shape index (κ2) is 12.4. The van der Waals surface area contributed by atoms with Crippen LogP contribution in [0.1, 0.15) is 30.5 Å². The molecule has 2 aromatic carbocycles. The number of nitrogens with zero attached hydrogens (tertiary/aromatic N) is 1. The van der Waals surface area contributed by atoms with E-state index in [1.165, 1.54) is 11.1 Å². The van der Waals surface area contributed by atoms with Crippen LogP contribution in [-0.2, 0) is 6.42 Å². The van der Waals surface area contributed by atoms with E-state index in [4.69, 9.17) is 9.47 Å². The monoisotopic (exact) mass is 483 g/mol. The molecule has 1 atom stereocenters. The van der Waals surface area contributed by atoms with Gasteiger partial charge in [-0.15, -0.1) is 24.0 Å². The molecule has 0 fully saturated rings. The normalized spacial score (nSPS) is 11.9. The number of aryl methyl sites for hydroxylation is 1. The van der Waals surface area contributed by atoms with Gasteiger partial charge in [-0.25, -0.2) is 0 Å². The van der Waals surface area contributed by atoms with Gasteiger partial charge < -0.3 is 20.1 Å². The third-order valence-electron chi connectivity index (χ3n) is 4.26. The van der Waals surface area contributed by atoms with Gasteiger partial charge in [0, 0.05) is 13.6 Å². The number of methoxy groups -OCH3 is 2. The highest BCUT2D eigenvalue weighted by molar-refractivity contribution is 14.0. The fourth-order valence-electron chi connectivity index (χ4n) is 2.76. The summed E-state index contributed by atoms with van der Waals surface area (Å²) in [7, 11) is 5.10. The molecule has 0 aliphatic heterocycles. The summed E-state index contributed by atoms with van der Waals surface area (Å²) < 4.78 is 10.6. The van der Waals surface area contributed by atoms with Crippen LogP contribution < -0.4 is 20.1 Å². The quantitative estimate of drug-likeness (QED) is 0.256. The fraction of sp³-hybridized carbons (Fsp3) is 0.381. The van der Waals surface area contributed by atoms with Crippen molar-refractivity contribution in [3.05, 3.63) is 59.7 Å². The van der Waals surface area contributed by atoms with Crippen LogP contribution in [0.4, 0.5) is 0 Å². The van der Waals surface area contributed by atoms with Crippen molar-refractivity contribution in [2.24, 2.45) is 4.99 Å². The lowest BCUT2D eigenvalue weighted by atomic mass is 10.1. The zero-order valence-electron chi connectivity index (χ0n) is 16.5. The fourth-order valence-corrected chi connectivity index (χ4v) is 2.76. The zero-order valence-corrected chi connectivity index (χ0v) is 18.8. The Hall–Kier alpha value is -1.96. The van der Waals surface area contributed by atoms with Gasteiger partial charge in [0.05, 0.1) is 20.3 Å². The van der Waals surface area contributed by atoms with E-state index in [-0.39, 0.29) is 30.0 Å². The van der Waals surface area contributed by atoms with Crippen molar-refractivity contribution >= 4 is 29.9 Å². The summed E-state index contributed by atoms with van der Waals surface area (Å²) in [6.45, 7) is 2.97. The van der Waals surface area contributed by atoms with Gasteiger partial charge in [-0.2, -0.15) is 0 Å². The average Bonchev–Trinajstić information content (AvgIpc) is 2.70. The summed E-state index contributed by atoms with van der Waals surface area (Å²) in [5.74, 6) is 2.34. The summed E-state index contributed by atoms with van der Waals surface area (Å²) >= 11 is 0. The minimum absolute atomic E-state index is 0. The molecular formula is C21H30IN3O2. The Morgan fingerprint density at radius 1 is 1.04 bits per heavy atom. The third kappa shape index (κ3) is 7.28. The smallest absolute Gasteiger partial charge is 0.191 e. The number of ether oxygens (including phenoxy) is 2. The molecule has 0 aliphatic rings. The molecule has 0 saturated carbocycles. The minimum Gasteiger partial charge on any atom is -0.493 e. The van der Waals surface area contributed by atoms with Crippen LogP contribution in [-0.4, -0.2) is 33.8 Å². The summed E-state index contributed by atoms with van der Waals surface area (Å²) in [6.07, 6.45) is 1.95. The van der Waals surface area contributed by atoms with Crippen LogP contribution in [0.5, 0.6) is 11.5 Å². The Bertz CT molecular complexity index is 708. The van der Waals surface area contributed by atoms with E-state index in [0.29, 0.717) is 0 Å². The van der Waals surface area contributed by atoms with Gasteiger partial charge in [0.1, 0.15) is 0 Å². The predicted molar refractivity (Wildman–Crippen MR) is 123 cm³/mol. The van der Waals surface area contributed by atoms with Crippen molar-refractivity contribution in [2.45, 2.75) is 25.8 Å². The van der Waals surface area contributed by atoms with Gasteiger partial charge in [-0.1, -0.05) is 36.4 Å². The maximum atomic E-state index is 5.35. The van der Waals surface area contributed by atoms with Crippen LogP contribution in [0.2, 0.25) is 0 Å². The van der Waals surface area contributed by atoms with Gasteiger partial charge in [0.15, 0.2) is 17.5 Å². The highest BCUT2D eigenvalue weighted by atomic mass is 127. The van der Waals surface area contributed by atoms with E-state index >= 15 is 0 Å². The predicted octanol–water partition coefficient (Wildman–Crippen LogP) is 4.18. The molecule has 0 amide bonds. The van der Waals surface area contributed by atoms with Crippen LogP contribution in [0.3, 0.4) is 0 Å². The van der Waals surface area contributed by atoms with Crippen molar-refractivity contribution < 1.29 is 9.47 Å². The third-order valence-corrected chi connectivity index (χ3v) is 4.26. The van der Waals surface area contributed by atoms with Crippen molar-refractivity contribution in [3.8, 4) is 11.5 Å². The molecule has 2 rings (SSSR count). The molecule has 2 N–H and O–H groups in total. The van der Waals surface area contributed by atoms with Crippen LogP contribution in [0.15, 0.2) is 53.5 Å². The number of halogens is 1. The summed E-state index contributed by atoms with van der Waals surface area (Å²) in [5.41, 5.74) is 2.46. The molecule has 5 nitrogen and oxygen atoms in total. The van der Waals surface area contributed by atoms with Crippen LogP contribution >= 0.6 is 24.0 Å². The lowest BCUT2D eigenvalue weighted by molar-refractivity contribution is 0.354. The van der Waals surface area contributed by atoms with Gasteiger partial charge in [0.25, 0.3) is 0 Å². The highest BCUT2D eigenvalue weighted by Gasteiger charge is 2.07. The summed E-state index contributed by atoms with van der Waals surface area (Å²) in [6, 6.07) is 16.6. The van der Waals surface area contributed by atoms with Gasteiger partial charge in [-0.3, -0.25) is 4.99 Å². The Morgan fingerprint density at radius 3 is 2.37 bits per heavy atom. The molecule has 0 spiro atoms. The van der Waals surface area contributed by atoms with Crippen molar-refractivity contribution in [1.82, 2.24) is 10.6 Å². The van der Waals surface area contributed by atoms with Crippen LogP contribution in [0.25, 0.3) is 0 Å². The zero-order chi connectivity index (χ0) is 18.8. The number of hydrogen-bond acceptors (Lipinski definition) is 3. The Morgan fingerprint density at radius 2 is 1.74 bits per heavy atom. The lowest BCUT2D eigenvalue weighted by Crippen LogP contribution is -2.39. The van der Waals surface area contributed by atoms with Gasteiger partial charge in [-0.05, 0) is 43.0 Å². The minimum atomic E-state index is 0. The van der Waals surface area contributed by atoms with E-state index in [1.807, 2.05) is 30.3 Å². The van der Waals surface area contributed by atoms with Gasteiger partial charge >= 0.3 is 0 Å².